The lowest BCUT2D eigenvalue weighted by molar-refractivity contribution is 0.102. The Morgan fingerprint density at radius 3 is 2.68 bits per heavy atom. The van der Waals surface area contributed by atoms with E-state index in [0.717, 1.165) is 3.57 Å². The predicted molar refractivity (Wildman–Crippen MR) is 82.9 cm³/mol. The topological polar surface area (TPSA) is 49.3 Å². The lowest BCUT2D eigenvalue weighted by Gasteiger charge is -2.09. The molecule has 0 saturated carbocycles. The molecule has 0 bridgehead atoms. The average Bonchev–Trinajstić information content (AvgIpc) is 2.35. The molecule has 0 fully saturated rings. The van der Waals surface area contributed by atoms with Gasteiger partial charge in [0.2, 0.25) is 0 Å². The highest BCUT2D eigenvalue weighted by Crippen LogP contribution is 2.25. The van der Waals surface area contributed by atoms with Crippen LogP contribution in [0.4, 0.5) is 10.1 Å². The van der Waals surface area contributed by atoms with Crippen LogP contribution in [0.5, 0.6) is 5.75 Å². The number of hydrogen-bond donors (Lipinski definition) is 2. The van der Waals surface area contributed by atoms with Crippen molar-refractivity contribution in [2.75, 3.05) is 5.32 Å². The minimum atomic E-state index is -0.455. The molecule has 0 aliphatic heterocycles. The van der Waals surface area contributed by atoms with Crippen molar-refractivity contribution < 1.29 is 14.3 Å². The van der Waals surface area contributed by atoms with Gasteiger partial charge in [-0.1, -0.05) is 0 Å². The molecule has 1 amide bonds. The fourth-order valence-electron chi connectivity index (χ4n) is 1.47. The molecule has 98 valence electrons. The molecule has 0 radical (unpaired) electrons. The Hall–Kier alpha value is -1.15. The van der Waals surface area contributed by atoms with E-state index in [4.69, 9.17) is 0 Å². The number of rotatable bonds is 2. The Labute approximate surface area is 131 Å². The van der Waals surface area contributed by atoms with E-state index in [0.29, 0.717) is 10.2 Å². The van der Waals surface area contributed by atoms with Gasteiger partial charge in [-0.3, -0.25) is 4.79 Å². The van der Waals surface area contributed by atoms with Crippen molar-refractivity contribution in [1.82, 2.24) is 0 Å². The number of nitrogens with one attached hydrogen (secondary N) is 1. The molecule has 2 rings (SSSR count). The van der Waals surface area contributed by atoms with Crippen LogP contribution in [0.3, 0.4) is 0 Å². The van der Waals surface area contributed by atoms with E-state index in [1.54, 1.807) is 12.1 Å². The molecule has 2 aromatic rings. The summed E-state index contributed by atoms with van der Waals surface area (Å²) in [7, 11) is 0. The van der Waals surface area contributed by atoms with Crippen LogP contribution in [0, 0.1) is 9.39 Å². The lowest BCUT2D eigenvalue weighted by atomic mass is 10.2. The summed E-state index contributed by atoms with van der Waals surface area (Å²) in [6.07, 6.45) is 0. The van der Waals surface area contributed by atoms with Crippen molar-refractivity contribution >= 4 is 50.1 Å². The smallest absolute Gasteiger partial charge is 0.259 e. The summed E-state index contributed by atoms with van der Waals surface area (Å²) in [6.45, 7) is 0. The summed E-state index contributed by atoms with van der Waals surface area (Å²) < 4.78 is 14.2. The average molecular weight is 436 g/mol. The van der Waals surface area contributed by atoms with Gasteiger partial charge in [0.05, 0.1) is 11.3 Å². The SMILES string of the molecule is O=C(Nc1ccc(F)cc1Br)c1cc(I)ccc1O. The number of phenolic OH excluding ortho intramolecular Hbond substituents is 1. The Morgan fingerprint density at radius 2 is 2.00 bits per heavy atom. The summed E-state index contributed by atoms with van der Waals surface area (Å²) in [4.78, 5) is 12.0. The first kappa shape index (κ1) is 14.3. The normalized spacial score (nSPS) is 10.3. The maximum Gasteiger partial charge on any atom is 0.259 e. The summed E-state index contributed by atoms with van der Waals surface area (Å²) in [5.41, 5.74) is 0.604. The molecular weight excluding hydrogens is 428 g/mol. The zero-order chi connectivity index (χ0) is 14.0. The van der Waals surface area contributed by atoms with Crippen molar-refractivity contribution in [3.8, 4) is 5.75 Å². The van der Waals surface area contributed by atoms with Crippen LogP contribution >= 0.6 is 38.5 Å². The van der Waals surface area contributed by atoms with Gasteiger partial charge in [0.25, 0.3) is 5.91 Å². The van der Waals surface area contributed by atoms with Crippen LogP contribution in [-0.4, -0.2) is 11.0 Å². The van der Waals surface area contributed by atoms with E-state index >= 15 is 0 Å². The zero-order valence-electron chi connectivity index (χ0n) is 9.45. The van der Waals surface area contributed by atoms with Crippen LogP contribution in [0.25, 0.3) is 0 Å². The number of anilines is 1. The summed E-state index contributed by atoms with van der Waals surface area (Å²) in [5, 5.41) is 12.3. The minimum Gasteiger partial charge on any atom is -0.507 e. The molecule has 2 aromatic carbocycles. The molecule has 19 heavy (non-hydrogen) atoms. The molecule has 0 atom stereocenters. The van der Waals surface area contributed by atoms with E-state index < -0.39 is 11.7 Å². The van der Waals surface area contributed by atoms with Gasteiger partial charge < -0.3 is 10.4 Å². The monoisotopic (exact) mass is 435 g/mol. The van der Waals surface area contributed by atoms with Crippen LogP contribution in [-0.2, 0) is 0 Å². The molecule has 0 saturated heterocycles. The number of carbonyl (C=O) groups excluding carboxylic acids is 1. The molecule has 0 aliphatic rings. The third-order valence-corrected chi connectivity index (χ3v) is 3.71. The summed E-state index contributed by atoms with van der Waals surface area (Å²) in [5.74, 6) is -0.957. The third-order valence-electron chi connectivity index (χ3n) is 2.38. The van der Waals surface area contributed by atoms with Crippen molar-refractivity contribution in [2.45, 2.75) is 0 Å². The third kappa shape index (κ3) is 3.44. The van der Waals surface area contributed by atoms with Gasteiger partial charge in [-0.05, 0) is 74.9 Å². The van der Waals surface area contributed by atoms with Crippen LogP contribution in [0.1, 0.15) is 10.4 Å². The maximum atomic E-state index is 12.9. The Morgan fingerprint density at radius 1 is 1.26 bits per heavy atom. The summed E-state index contributed by atoms with van der Waals surface area (Å²) >= 11 is 5.21. The predicted octanol–water partition coefficient (Wildman–Crippen LogP) is 4.15. The van der Waals surface area contributed by atoms with E-state index in [1.807, 2.05) is 22.6 Å². The number of hydrogen-bond acceptors (Lipinski definition) is 2. The number of halogens is 3. The number of amides is 1. The van der Waals surface area contributed by atoms with Crippen LogP contribution in [0.2, 0.25) is 0 Å². The highest BCUT2D eigenvalue weighted by atomic mass is 127. The second-order valence-electron chi connectivity index (χ2n) is 3.74. The minimum absolute atomic E-state index is 0.101. The summed E-state index contributed by atoms with van der Waals surface area (Å²) in [6, 6.07) is 8.67. The second kappa shape index (κ2) is 5.87. The van der Waals surface area contributed by atoms with Crippen LogP contribution < -0.4 is 5.32 Å². The zero-order valence-corrected chi connectivity index (χ0v) is 13.2. The Bertz CT molecular complexity index is 649. The van der Waals surface area contributed by atoms with Crippen molar-refractivity contribution in [3.05, 3.63) is 55.8 Å². The fraction of sp³-hybridized carbons (Fsp3) is 0. The lowest BCUT2D eigenvalue weighted by Crippen LogP contribution is -2.12. The highest BCUT2D eigenvalue weighted by molar-refractivity contribution is 14.1. The highest BCUT2D eigenvalue weighted by Gasteiger charge is 2.13. The van der Waals surface area contributed by atoms with Crippen molar-refractivity contribution in [2.24, 2.45) is 0 Å². The molecule has 6 heteroatoms. The molecule has 2 N–H and O–H groups in total. The number of carbonyl (C=O) groups is 1. The van der Waals surface area contributed by atoms with E-state index in [9.17, 15) is 14.3 Å². The van der Waals surface area contributed by atoms with Crippen molar-refractivity contribution in [3.63, 3.8) is 0 Å². The molecule has 0 aliphatic carbocycles. The quantitative estimate of drug-likeness (QED) is 0.696. The number of aromatic hydroxyl groups is 1. The van der Waals surface area contributed by atoms with Gasteiger partial charge in [-0.25, -0.2) is 4.39 Å². The van der Waals surface area contributed by atoms with Gasteiger partial charge in [0.1, 0.15) is 11.6 Å². The first-order valence-electron chi connectivity index (χ1n) is 5.22. The molecule has 0 heterocycles. The molecule has 0 aromatic heterocycles. The van der Waals surface area contributed by atoms with Gasteiger partial charge in [0, 0.05) is 8.04 Å². The van der Waals surface area contributed by atoms with Gasteiger partial charge >= 0.3 is 0 Å². The first-order valence-corrected chi connectivity index (χ1v) is 7.09. The Kier molecular flexibility index (Phi) is 4.41. The largest absolute Gasteiger partial charge is 0.507 e. The van der Waals surface area contributed by atoms with Gasteiger partial charge in [-0.15, -0.1) is 0 Å². The molecular formula is C13H8BrFINO2. The standard InChI is InChI=1S/C13H8BrFINO2/c14-10-5-7(15)1-3-11(10)17-13(19)9-6-8(16)2-4-12(9)18/h1-6,18H,(H,17,19). The molecule has 0 spiro atoms. The fourth-order valence-corrected chi connectivity index (χ4v) is 2.41. The van der Waals surface area contributed by atoms with Gasteiger partial charge in [-0.2, -0.15) is 0 Å². The number of benzene rings is 2. The van der Waals surface area contributed by atoms with Gasteiger partial charge in [0.15, 0.2) is 0 Å². The van der Waals surface area contributed by atoms with E-state index in [-0.39, 0.29) is 11.3 Å². The molecule has 0 unspecified atom stereocenters. The van der Waals surface area contributed by atoms with E-state index in [1.165, 1.54) is 24.3 Å². The first-order chi connectivity index (χ1) is 8.97. The van der Waals surface area contributed by atoms with E-state index in [2.05, 4.69) is 21.2 Å². The molecule has 3 nitrogen and oxygen atoms in total. The maximum absolute atomic E-state index is 12.9. The van der Waals surface area contributed by atoms with Crippen LogP contribution in [0.15, 0.2) is 40.9 Å². The number of phenols is 1. The van der Waals surface area contributed by atoms with Crippen molar-refractivity contribution in [1.29, 1.82) is 0 Å². The second-order valence-corrected chi connectivity index (χ2v) is 5.84. The Balaban J connectivity index is 2.28.